The molecule has 1 heterocycles. The van der Waals surface area contributed by atoms with Gasteiger partial charge in [-0.3, -0.25) is 19.3 Å². The van der Waals surface area contributed by atoms with Gasteiger partial charge in [0.05, 0.1) is 25.0 Å². The minimum absolute atomic E-state index is 0.154. The molecule has 0 aromatic heterocycles. The van der Waals surface area contributed by atoms with Crippen molar-refractivity contribution in [1.82, 2.24) is 4.90 Å². The van der Waals surface area contributed by atoms with Crippen LogP contribution >= 0.6 is 11.6 Å². The largest absolute Gasteiger partial charge is 0.495 e. The van der Waals surface area contributed by atoms with Crippen molar-refractivity contribution in [2.75, 3.05) is 44.5 Å². The number of benzene rings is 3. The zero-order chi connectivity index (χ0) is 28.1. The topological polar surface area (TPSA) is 88.2 Å². The van der Waals surface area contributed by atoms with Crippen molar-refractivity contribution >= 4 is 40.8 Å². The quantitative estimate of drug-likeness (QED) is 0.392. The molecular formula is C30H32ClN3O5. The highest BCUT2D eigenvalue weighted by Crippen LogP contribution is 2.38. The summed E-state index contributed by atoms with van der Waals surface area (Å²) >= 11 is 6.31. The van der Waals surface area contributed by atoms with Crippen molar-refractivity contribution in [3.63, 3.8) is 0 Å². The van der Waals surface area contributed by atoms with Crippen LogP contribution in [0.3, 0.4) is 0 Å². The van der Waals surface area contributed by atoms with Gasteiger partial charge in [0.2, 0.25) is 0 Å². The van der Waals surface area contributed by atoms with E-state index in [9.17, 15) is 14.4 Å². The summed E-state index contributed by atoms with van der Waals surface area (Å²) in [5, 5.41) is 3.37. The number of halogens is 1. The minimum Gasteiger partial charge on any atom is -0.495 e. The zero-order valence-corrected chi connectivity index (χ0v) is 23.2. The van der Waals surface area contributed by atoms with Gasteiger partial charge in [-0.05, 0) is 81.9 Å². The molecule has 0 spiro atoms. The molecule has 0 radical (unpaired) electrons. The molecule has 1 N–H and O–H groups in total. The number of fused-ring (bicyclic) bond motifs is 1. The number of carbonyl (C=O) groups excluding carboxylic acids is 3. The maximum absolute atomic E-state index is 13.8. The number of nitrogens with one attached hydrogen (secondary N) is 1. The standard InChI is InChI=1S/C30H32ClN3O5/c1-19-8-5-6-9-22(19)29(36)32-24-13-11-20(16-27(24)38-4)30(37)34-15-7-10-26(39-28(35)18-33(2)3)23-17-21(31)12-14-25(23)34/h5-6,8-9,11-14,16-17,26H,7,10,15,18H2,1-4H3,(H,32,36). The van der Waals surface area contributed by atoms with Gasteiger partial charge in [0.25, 0.3) is 11.8 Å². The summed E-state index contributed by atoms with van der Waals surface area (Å²) in [6.07, 6.45) is 0.667. The number of hydrogen-bond acceptors (Lipinski definition) is 6. The lowest BCUT2D eigenvalue weighted by molar-refractivity contribution is -0.150. The number of rotatable bonds is 7. The average Bonchev–Trinajstić information content (AvgIpc) is 3.07. The van der Waals surface area contributed by atoms with E-state index in [0.29, 0.717) is 58.2 Å². The van der Waals surface area contributed by atoms with Crippen LogP contribution < -0.4 is 15.0 Å². The molecule has 0 bridgehead atoms. The molecule has 0 saturated heterocycles. The molecule has 1 unspecified atom stereocenters. The molecule has 2 amide bonds. The number of aryl methyl sites for hydroxylation is 1. The van der Waals surface area contributed by atoms with E-state index < -0.39 is 6.10 Å². The number of methoxy groups -OCH3 is 1. The van der Waals surface area contributed by atoms with Gasteiger partial charge in [0.15, 0.2) is 0 Å². The number of likely N-dealkylation sites (N-methyl/N-ethyl adjacent to an activating group) is 1. The van der Waals surface area contributed by atoms with E-state index in [4.69, 9.17) is 21.1 Å². The summed E-state index contributed by atoms with van der Waals surface area (Å²) in [5.74, 6) is -0.485. The van der Waals surface area contributed by atoms with E-state index in [1.165, 1.54) is 7.11 Å². The van der Waals surface area contributed by atoms with Gasteiger partial charge in [-0.15, -0.1) is 0 Å². The maximum Gasteiger partial charge on any atom is 0.320 e. The minimum atomic E-state index is -0.516. The van der Waals surface area contributed by atoms with Crippen molar-refractivity contribution in [3.8, 4) is 5.75 Å². The van der Waals surface area contributed by atoms with E-state index in [2.05, 4.69) is 5.32 Å². The fourth-order valence-corrected chi connectivity index (χ4v) is 4.81. The second-order valence-corrected chi connectivity index (χ2v) is 10.1. The average molecular weight is 550 g/mol. The van der Waals surface area contributed by atoms with E-state index in [-0.39, 0.29) is 24.3 Å². The second kappa shape index (κ2) is 12.3. The van der Waals surface area contributed by atoms with Gasteiger partial charge in [-0.2, -0.15) is 0 Å². The number of amides is 2. The van der Waals surface area contributed by atoms with Gasteiger partial charge >= 0.3 is 5.97 Å². The van der Waals surface area contributed by atoms with Gasteiger partial charge in [-0.25, -0.2) is 0 Å². The summed E-state index contributed by atoms with van der Waals surface area (Å²) in [6.45, 7) is 2.46. The normalized spacial score (nSPS) is 14.8. The van der Waals surface area contributed by atoms with Gasteiger partial charge in [-0.1, -0.05) is 29.8 Å². The number of ether oxygens (including phenoxy) is 2. The van der Waals surface area contributed by atoms with Crippen LogP contribution in [0.15, 0.2) is 60.7 Å². The SMILES string of the molecule is COc1cc(C(=O)N2CCCC(OC(=O)CN(C)C)c3cc(Cl)ccc32)ccc1NC(=O)c1ccccc1C. The molecule has 1 aliphatic rings. The highest BCUT2D eigenvalue weighted by atomic mass is 35.5. The fourth-order valence-electron chi connectivity index (χ4n) is 4.63. The van der Waals surface area contributed by atoms with Crippen LogP contribution in [0.2, 0.25) is 5.02 Å². The number of hydrogen-bond donors (Lipinski definition) is 1. The van der Waals surface area contributed by atoms with E-state index in [0.717, 1.165) is 5.56 Å². The first-order valence-electron chi connectivity index (χ1n) is 12.7. The first-order chi connectivity index (χ1) is 18.7. The van der Waals surface area contributed by atoms with Gasteiger partial charge in [0, 0.05) is 28.3 Å². The van der Waals surface area contributed by atoms with Crippen molar-refractivity contribution < 1.29 is 23.9 Å². The van der Waals surface area contributed by atoms with Crippen molar-refractivity contribution in [1.29, 1.82) is 0 Å². The molecule has 0 saturated carbocycles. The van der Waals surface area contributed by atoms with Crippen LogP contribution in [-0.2, 0) is 9.53 Å². The third kappa shape index (κ3) is 6.58. The molecule has 1 atom stereocenters. The number of esters is 1. The van der Waals surface area contributed by atoms with E-state index in [1.807, 2.05) is 19.1 Å². The first-order valence-corrected chi connectivity index (χ1v) is 13.1. The Morgan fingerprint density at radius 1 is 1.08 bits per heavy atom. The molecule has 4 rings (SSSR count). The Morgan fingerprint density at radius 3 is 2.56 bits per heavy atom. The number of carbonyl (C=O) groups is 3. The van der Waals surface area contributed by atoms with Gasteiger partial charge in [0.1, 0.15) is 11.9 Å². The van der Waals surface area contributed by atoms with Crippen molar-refractivity contribution in [2.24, 2.45) is 0 Å². The van der Waals surface area contributed by atoms with E-state index in [1.54, 1.807) is 72.4 Å². The number of anilines is 2. The van der Waals surface area contributed by atoms with Crippen LogP contribution in [0, 0.1) is 6.92 Å². The lowest BCUT2D eigenvalue weighted by Gasteiger charge is -2.25. The molecule has 9 heteroatoms. The molecule has 8 nitrogen and oxygen atoms in total. The van der Waals surface area contributed by atoms with Crippen LogP contribution in [0.25, 0.3) is 0 Å². The van der Waals surface area contributed by atoms with E-state index >= 15 is 0 Å². The summed E-state index contributed by atoms with van der Waals surface area (Å²) in [5.41, 5.74) is 3.59. The predicted molar refractivity (Wildman–Crippen MR) is 152 cm³/mol. The van der Waals surface area contributed by atoms with Crippen molar-refractivity contribution in [3.05, 3.63) is 87.9 Å². The molecule has 0 aliphatic carbocycles. The van der Waals surface area contributed by atoms with Gasteiger partial charge < -0.3 is 19.7 Å². The van der Waals surface area contributed by atoms with Crippen LogP contribution in [0.4, 0.5) is 11.4 Å². The van der Waals surface area contributed by atoms with Crippen LogP contribution in [0.1, 0.15) is 50.8 Å². The Morgan fingerprint density at radius 2 is 1.85 bits per heavy atom. The molecule has 0 fully saturated rings. The Balaban J connectivity index is 1.60. The summed E-state index contributed by atoms with van der Waals surface area (Å²) in [7, 11) is 5.09. The third-order valence-corrected chi connectivity index (χ3v) is 6.76. The Hall–Kier alpha value is -3.88. The Bertz CT molecular complexity index is 1390. The molecule has 1 aliphatic heterocycles. The van der Waals surface area contributed by atoms with Crippen LogP contribution in [0.5, 0.6) is 5.75 Å². The number of nitrogens with zero attached hydrogens (tertiary/aromatic N) is 2. The fraction of sp³-hybridized carbons (Fsp3) is 0.300. The highest BCUT2D eigenvalue weighted by molar-refractivity contribution is 6.30. The smallest absolute Gasteiger partial charge is 0.320 e. The van der Waals surface area contributed by atoms with Crippen LogP contribution in [-0.4, -0.2) is 57.0 Å². The highest BCUT2D eigenvalue weighted by Gasteiger charge is 2.30. The summed E-state index contributed by atoms with van der Waals surface area (Å²) in [6, 6.07) is 17.5. The molecule has 3 aromatic rings. The summed E-state index contributed by atoms with van der Waals surface area (Å²) < 4.78 is 11.3. The lowest BCUT2D eigenvalue weighted by Crippen LogP contribution is -2.32. The first kappa shape index (κ1) is 28.1. The second-order valence-electron chi connectivity index (χ2n) is 9.70. The molecular weight excluding hydrogens is 518 g/mol. The maximum atomic E-state index is 13.8. The Kier molecular flexibility index (Phi) is 8.89. The van der Waals surface area contributed by atoms with Crippen molar-refractivity contribution in [2.45, 2.75) is 25.9 Å². The zero-order valence-electron chi connectivity index (χ0n) is 22.5. The molecule has 204 valence electrons. The molecule has 39 heavy (non-hydrogen) atoms. The summed E-state index contributed by atoms with van der Waals surface area (Å²) in [4.78, 5) is 42.5. The third-order valence-electron chi connectivity index (χ3n) is 6.53. The monoisotopic (exact) mass is 549 g/mol. The lowest BCUT2D eigenvalue weighted by atomic mass is 10.0. The predicted octanol–water partition coefficient (Wildman–Crippen LogP) is 5.50. The Labute approximate surface area is 233 Å². The molecule has 3 aromatic carbocycles.